The minimum Gasteiger partial charge on any atom is -0.340 e. The van der Waals surface area contributed by atoms with Crippen molar-refractivity contribution in [3.8, 4) is 0 Å². The van der Waals surface area contributed by atoms with E-state index < -0.39 is 0 Å². The summed E-state index contributed by atoms with van der Waals surface area (Å²) in [5.41, 5.74) is 0. The molecule has 30 heavy (non-hydrogen) atoms. The molecule has 0 saturated carbocycles. The predicted molar refractivity (Wildman–Crippen MR) is 134 cm³/mol. The Morgan fingerprint density at radius 3 is 1.57 bits per heavy atom. The molecule has 3 heteroatoms. The molecule has 0 radical (unpaired) electrons. The van der Waals surface area contributed by atoms with E-state index in [1.165, 1.54) is 96.3 Å². The summed E-state index contributed by atoms with van der Waals surface area (Å²) in [6, 6.07) is 0.466. The summed E-state index contributed by atoms with van der Waals surface area (Å²) >= 11 is 0. The smallest absolute Gasteiger partial charge is 0.222 e. The molecule has 0 aromatic rings. The van der Waals surface area contributed by atoms with E-state index >= 15 is 0 Å². The van der Waals surface area contributed by atoms with Crippen LogP contribution in [-0.4, -0.2) is 48.9 Å². The molecule has 0 saturated heterocycles. The summed E-state index contributed by atoms with van der Waals surface area (Å²) in [4.78, 5) is 17.8. The van der Waals surface area contributed by atoms with Gasteiger partial charge in [0, 0.05) is 19.0 Å². The lowest BCUT2D eigenvalue weighted by atomic mass is 9.98. The van der Waals surface area contributed by atoms with Crippen molar-refractivity contribution in [3.05, 3.63) is 0 Å². The largest absolute Gasteiger partial charge is 0.340 e. The molecule has 0 N–H and O–H groups in total. The zero-order valence-corrected chi connectivity index (χ0v) is 21.5. The Bertz CT molecular complexity index is 370. The van der Waals surface area contributed by atoms with Crippen molar-refractivity contribution in [1.82, 2.24) is 9.80 Å². The second-order valence-electron chi connectivity index (χ2n) is 9.61. The van der Waals surface area contributed by atoms with Crippen molar-refractivity contribution in [1.29, 1.82) is 0 Å². The molecule has 1 unspecified atom stereocenters. The molecule has 0 aliphatic rings. The van der Waals surface area contributed by atoms with Gasteiger partial charge in [-0.1, -0.05) is 104 Å². The van der Waals surface area contributed by atoms with Gasteiger partial charge in [0.05, 0.1) is 0 Å². The Kier molecular flexibility index (Phi) is 21.2. The first kappa shape index (κ1) is 29.4. The second-order valence-corrected chi connectivity index (χ2v) is 9.61. The maximum absolute atomic E-state index is 13.2. The predicted octanol–water partition coefficient (Wildman–Crippen LogP) is 7.83. The second kappa shape index (κ2) is 21.7. The van der Waals surface area contributed by atoms with Crippen LogP contribution in [0.25, 0.3) is 0 Å². The maximum Gasteiger partial charge on any atom is 0.222 e. The topological polar surface area (TPSA) is 23.6 Å². The van der Waals surface area contributed by atoms with Crippen LogP contribution in [0, 0.1) is 0 Å². The standard InChI is InChI=1S/C27H56N2O/c1-6-9-12-15-18-22-26(21-17-14-11-8-3)29(25-20-24-28(4)5)27(30)23-19-16-13-10-7-2/h26H,6-25H2,1-5H3. The van der Waals surface area contributed by atoms with E-state index in [4.69, 9.17) is 0 Å². The highest BCUT2D eigenvalue weighted by molar-refractivity contribution is 5.76. The minimum absolute atomic E-state index is 0.430. The number of carbonyl (C=O) groups excluding carboxylic acids is 1. The van der Waals surface area contributed by atoms with Crippen LogP contribution in [0.1, 0.15) is 136 Å². The number of nitrogens with zero attached hydrogens (tertiary/aromatic N) is 2. The normalized spacial score (nSPS) is 12.5. The van der Waals surface area contributed by atoms with Gasteiger partial charge in [0.15, 0.2) is 0 Å². The molecule has 0 aliphatic heterocycles. The van der Waals surface area contributed by atoms with Crippen LogP contribution >= 0.6 is 0 Å². The first-order valence-corrected chi connectivity index (χ1v) is 13.5. The first-order chi connectivity index (χ1) is 14.6. The molecule has 1 amide bonds. The van der Waals surface area contributed by atoms with Crippen molar-refractivity contribution in [2.75, 3.05) is 27.2 Å². The Balaban J connectivity index is 4.85. The Hall–Kier alpha value is -0.570. The van der Waals surface area contributed by atoms with Gasteiger partial charge in [0.2, 0.25) is 5.91 Å². The van der Waals surface area contributed by atoms with Crippen molar-refractivity contribution >= 4 is 5.91 Å². The lowest BCUT2D eigenvalue weighted by Crippen LogP contribution is -2.41. The van der Waals surface area contributed by atoms with E-state index in [0.717, 1.165) is 32.4 Å². The summed E-state index contributed by atoms with van der Waals surface area (Å²) in [6.45, 7) is 8.82. The number of carbonyl (C=O) groups is 1. The maximum atomic E-state index is 13.2. The van der Waals surface area contributed by atoms with E-state index in [1.807, 2.05) is 0 Å². The number of hydrogen-bond acceptors (Lipinski definition) is 2. The Morgan fingerprint density at radius 1 is 0.600 bits per heavy atom. The quantitative estimate of drug-likeness (QED) is 0.165. The van der Waals surface area contributed by atoms with Crippen LogP contribution in [0.15, 0.2) is 0 Å². The van der Waals surface area contributed by atoms with E-state index in [-0.39, 0.29) is 0 Å². The van der Waals surface area contributed by atoms with Gasteiger partial charge in [-0.2, -0.15) is 0 Å². The van der Waals surface area contributed by atoms with Crippen molar-refractivity contribution in [3.63, 3.8) is 0 Å². The third kappa shape index (κ3) is 17.1. The fourth-order valence-corrected chi connectivity index (χ4v) is 4.34. The molecule has 180 valence electrons. The van der Waals surface area contributed by atoms with E-state index in [2.05, 4.69) is 44.7 Å². The van der Waals surface area contributed by atoms with Crippen LogP contribution in [0.4, 0.5) is 0 Å². The van der Waals surface area contributed by atoms with Gasteiger partial charge in [-0.15, -0.1) is 0 Å². The summed E-state index contributed by atoms with van der Waals surface area (Å²) in [5.74, 6) is 0.430. The number of amides is 1. The fraction of sp³-hybridized carbons (Fsp3) is 0.963. The van der Waals surface area contributed by atoms with Crippen LogP contribution < -0.4 is 0 Å². The van der Waals surface area contributed by atoms with E-state index in [0.29, 0.717) is 11.9 Å². The SMILES string of the molecule is CCCCCCCC(=O)N(CCCN(C)C)C(CCCCCC)CCCCCCC. The molecule has 0 aliphatic carbocycles. The zero-order chi connectivity index (χ0) is 22.5. The van der Waals surface area contributed by atoms with Crippen LogP contribution in [0.3, 0.4) is 0 Å². The highest BCUT2D eigenvalue weighted by Crippen LogP contribution is 2.20. The van der Waals surface area contributed by atoms with Gasteiger partial charge in [0.1, 0.15) is 0 Å². The highest BCUT2D eigenvalue weighted by atomic mass is 16.2. The van der Waals surface area contributed by atoms with Gasteiger partial charge in [-0.25, -0.2) is 0 Å². The van der Waals surface area contributed by atoms with Gasteiger partial charge in [-0.05, 0) is 46.3 Å². The average molecular weight is 425 g/mol. The number of rotatable bonds is 22. The first-order valence-electron chi connectivity index (χ1n) is 13.5. The number of unbranched alkanes of at least 4 members (excludes halogenated alkanes) is 11. The van der Waals surface area contributed by atoms with Crippen LogP contribution in [-0.2, 0) is 4.79 Å². The average Bonchev–Trinajstić information content (AvgIpc) is 2.72. The molecule has 0 aromatic carbocycles. The fourth-order valence-electron chi connectivity index (χ4n) is 4.34. The molecule has 3 nitrogen and oxygen atoms in total. The molecule has 0 fully saturated rings. The molecular formula is C27H56N2O. The van der Waals surface area contributed by atoms with Gasteiger partial charge in [-0.3, -0.25) is 4.79 Å². The Morgan fingerprint density at radius 2 is 1.07 bits per heavy atom. The molecule has 0 aromatic heterocycles. The third-order valence-corrected chi connectivity index (χ3v) is 6.29. The highest BCUT2D eigenvalue weighted by Gasteiger charge is 2.22. The minimum atomic E-state index is 0.430. The lowest BCUT2D eigenvalue weighted by molar-refractivity contribution is -0.134. The molecule has 0 rings (SSSR count). The lowest BCUT2D eigenvalue weighted by Gasteiger charge is -2.33. The molecule has 1 atom stereocenters. The van der Waals surface area contributed by atoms with Gasteiger partial charge in [0.25, 0.3) is 0 Å². The Labute approximate surface area is 190 Å². The van der Waals surface area contributed by atoms with Crippen molar-refractivity contribution in [2.45, 2.75) is 142 Å². The van der Waals surface area contributed by atoms with E-state index in [9.17, 15) is 4.79 Å². The van der Waals surface area contributed by atoms with Gasteiger partial charge >= 0.3 is 0 Å². The molecule has 0 bridgehead atoms. The summed E-state index contributed by atoms with van der Waals surface area (Å²) in [5, 5.41) is 0. The summed E-state index contributed by atoms with van der Waals surface area (Å²) in [7, 11) is 4.27. The van der Waals surface area contributed by atoms with Gasteiger partial charge < -0.3 is 9.80 Å². The molecular weight excluding hydrogens is 368 g/mol. The summed E-state index contributed by atoms with van der Waals surface area (Å²) < 4.78 is 0. The third-order valence-electron chi connectivity index (χ3n) is 6.29. The van der Waals surface area contributed by atoms with Crippen molar-refractivity contribution < 1.29 is 4.79 Å². The monoisotopic (exact) mass is 424 g/mol. The zero-order valence-electron chi connectivity index (χ0n) is 21.5. The van der Waals surface area contributed by atoms with Crippen LogP contribution in [0.5, 0.6) is 0 Å². The van der Waals surface area contributed by atoms with Crippen molar-refractivity contribution in [2.24, 2.45) is 0 Å². The molecule has 0 spiro atoms. The number of hydrogen-bond donors (Lipinski definition) is 0. The summed E-state index contributed by atoms with van der Waals surface area (Å²) in [6.07, 6.45) is 22.2. The molecule has 0 heterocycles. The van der Waals surface area contributed by atoms with E-state index in [1.54, 1.807) is 0 Å². The van der Waals surface area contributed by atoms with Crippen LogP contribution in [0.2, 0.25) is 0 Å².